The Balaban J connectivity index is 2.18. The van der Waals surface area contributed by atoms with E-state index in [9.17, 15) is 0 Å². The molecule has 0 unspecified atom stereocenters. The average Bonchev–Trinajstić information content (AvgIpc) is 2.83. The number of rotatable bonds is 5. The zero-order chi connectivity index (χ0) is 11.2. The van der Waals surface area contributed by atoms with E-state index in [0.29, 0.717) is 0 Å². The van der Waals surface area contributed by atoms with Crippen molar-refractivity contribution >= 4 is 0 Å². The molecule has 1 heterocycles. The van der Waals surface area contributed by atoms with Gasteiger partial charge >= 0.3 is 0 Å². The van der Waals surface area contributed by atoms with Gasteiger partial charge in [0.25, 0.3) is 0 Å². The van der Waals surface area contributed by atoms with E-state index in [1.165, 1.54) is 0 Å². The molecule has 1 aromatic carbocycles. The van der Waals surface area contributed by atoms with Gasteiger partial charge in [0.2, 0.25) is 0 Å². The second-order valence-electron chi connectivity index (χ2n) is 3.71. The van der Waals surface area contributed by atoms with E-state index in [1.807, 2.05) is 30.3 Å². The number of hydrogen-bond donors (Lipinski definition) is 0. The monoisotopic (exact) mass is 216 g/mol. The van der Waals surface area contributed by atoms with Crippen LogP contribution in [-0.4, -0.2) is 6.61 Å². The Hall–Kier alpha value is -1.70. The number of ether oxygens (including phenoxy) is 1. The zero-order valence-corrected chi connectivity index (χ0v) is 9.48. The lowest BCUT2D eigenvalue weighted by atomic mass is 10.1. The molecule has 0 amide bonds. The number of unbranched alkanes of at least 4 members (excludes halogenated alkanes) is 1. The Labute approximate surface area is 95.9 Å². The summed E-state index contributed by atoms with van der Waals surface area (Å²) in [6, 6.07) is 9.99. The predicted molar refractivity (Wildman–Crippen MR) is 64.5 cm³/mol. The van der Waals surface area contributed by atoms with Crippen molar-refractivity contribution in [3.05, 3.63) is 42.9 Å². The van der Waals surface area contributed by atoms with Crippen LogP contribution in [-0.2, 0) is 0 Å². The molecule has 16 heavy (non-hydrogen) atoms. The first kappa shape index (κ1) is 10.8. The molecule has 0 radical (unpaired) electrons. The minimum Gasteiger partial charge on any atom is -0.493 e. The number of hydrogen-bond acceptors (Lipinski definition) is 2. The summed E-state index contributed by atoms with van der Waals surface area (Å²) in [7, 11) is 0. The maximum Gasteiger partial charge on any atom is 0.127 e. The summed E-state index contributed by atoms with van der Waals surface area (Å²) in [5.74, 6) is 0.928. The lowest BCUT2D eigenvalue weighted by molar-refractivity contribution is 0.310. The molecule has 0 atom stereocenters. The molecule has 0 aliphatic heterocycles. The third-order valence-corrected chi connectivity index (χ3v) is 2.47. The van der Waals surface area contributed by atoms with Gasteiger partial charge in [-0.15, -0.1) is 0 Å². The molecule has 0 saturated carbocycles. The molecule has 0 bridgehead atoms. The molecule has 2 heteroatoms. The Morgan fingerprint density at radius 3 is 2.81 bits per heavy atom. The topological polar surface area (TPSA) is 22.4 Å². The fourth-order valence-corrected chi connectivity index (χ4v) is 1.58. The van der Waals surface area contributed by atoms with Crippen molar-refractivity contribution in [2.45, 2.75) is 19.8 Å². The first-order valence-corrected chi connectivity index (χ1v) is 5.66. The van der Waals surface area contributed by atoms with Crippen LogP contribution in [0.2, 0.25) is 0 Å². The van der Waals surface area contributed by atoms with E-state index in [2.05, 4.69) is 6.92 Å². The van der Waals surface area contributed by atoms with Crippen LogP contribution < -0.4 is 4.74 Å². The van der Waals surface area contributed by atoms with Gasteiger partial charge in [0.05, 0.1) is 19.1 Å². The molecule has 0 saturated heterocycles. The van der Waals surface area contributed by atoms with Crippen molar-refractivity contribution in [3.8, 4) is 16.9 Å². The molecule has 2 nitrogen and oxygen atoms in total. The van der Waals surface area contributed by atoms with Gasteiger partial charge in [-0.2, -0.15) is 0 Å². The van der Waals surface area contributed by atoms with Crippen LogP contribution >= 0.6 is 0 Å². The fourth-order valence-electron chi connectivity index (χ4n) is 1.58. The lowest BCUT2D eigenvalue weighted by Gasteiger charge is -2.09. The van der Waals surface area contributed by atoms with Crippen LogP contribution in [0.15, 0.2) is 47.3 Å². The molecule has 0 spiro atoms. The van der Waals surface area contributed by atoms with Crippen LogP contribution in [0.4, 0.5) is 0 Å². The van der Waals surface area contributed by atoms with Crippen molar-refractivity contribution in [3.63, 3.8) is 0 Å². The Bertz CT molecular complexity index is 418. The highest BCUT2D eigenvalue weighted by molar-refractivity contribution is 5.69. The summed E-state index contributed by atoms with van der Waals surface area (Å²) in [5, 5.41) is 0. The second kappa shape index (κ2) is 5.40. The molecular formula is C14H16O2. The van der Waals surface area contributed by atoms with Gasteiger partial charge in [0.1, 0.15) is 5.75 Å². The summed E-state index contributed by atoms with van der Waals surface area (Å²) in [6.07, 6.45) is 5.65. The lowest BCUT2D eigenvalue weighted by Crippen LogP contribution is -1.97. The van der Waals surface area contributed by atoms with E-state index in [1.54, 1.807) is 12.5 Å². The smallest absolute Gasteiger partial charge is 0.127 e. The van der Waals surface area contributed by atoms with Crippen LogP contribution in [0.3, 0.4) is 0 Å². The molecular weight excluding hydrogens is 200 g/mol. The van der Waals surface area contributed by atoms with E-state index in [4.69, 9.17) is 9.15 Å². The molecule has 84 valence electrons. The molecule has 0 aliphatic rings. The van der Waals surface area contributed by atoms with Crippen molar-refractivity contribution in [1.82, 2.24) is 0 Å². The average molecular weight is 216 g/mol. The van der Waals surface area contributed by atoms with Crippen LogP contribution in [0.25, 0.3) is 11.1 Å². The highest BCUT2D eigenvalue weighted by Crippen LogP contribution is 2.29. The minimum atomic E-state index is 0.769. The highest BCUT2D eigenvalue weighted by Gasteiger charge is 2.05. The standard InChI is InChI=1S/C14H16O2/c1-2-3-9-16-14-7-5-4-6-13(14)12-8-10-15-11-12/h4-8,10-11H,2-3,9H2,1H3. The van der Waals surface area contributed by atoms with Gasteiger partial charge in [0, 0.05) is 11.1 Å². The Morgan fingerprint density at radius 2 is 2.06 bits per heavy atom. The highest BCUT2D eigenvalue weighted by atomic mass is 16.5. The number of furan rings is 1. The van der Waals surface area contributed by atoms with Crippen LogP contribution in [0.5, 0.6) is 5.75 Å². The van der Waals surface area contributed by atoms with Gasteiger partial charge in [-0.3, -0.25) is 0 Å². The summed E-state index contributed by atoms with van der Waals surface area (Å²) in [6.45, 7) is 2.93. The maximum absolute atomic E-state index is 5.76. The fraction of sp³-hybridized carbons (Fsp3) is 0.286. The molecule has 2 aromatic rings. The largest absolute Gasteiger partial charge is 0.493 e. The maximum atomic E-state index is 5.76. The van der Waals surface area contributed by atoms with Crippen molar-refractivity contribution in [2.24, 2.45) is 0 Å². The van der Waals surface area contributed by atoms with Crippen molar-refractivity contribution < 1.29 is 9.15 Å². The normalized spacial score (nSPS) is 10.3. The molecule has 1 aromatic heterocycles. The quantitative estimate of drug-likeness (QED) is 0.701. The summed E-state index contributed by atoms with van der Waals surface area (Å²) in [5.41, 5.74) is 2.15. The van der Waals surface area contributed by atoms with Crippen LogP contribution in [0, 0.1) is 0 Å². The summed E-state index contributed by atoms with van der Waals surface area (Å²) >= 11 is 0. The van der Waals surface area contributed by atoms with Gasteiger partial charge in [-0.25, -0.2) is 0 Å². The Kier molecular flexibility index (Phi) is 3.65. The van der Waals surface area contributed by atoms with Crippen LogP contribution in [0.1, 0.15) is 19.8 Å². The molecule has 0 N–H and O–H groups in total. The van der Waals surface area contributed by atoms with Gasteiger partial charge in [-0.1, -0.05) is 31.5 Å². The van der Waals surface area contributed by atoms with E-state index in [-0.39, 0.29) is 0 Å². The predicted octanol–water partition coefficient (Wildman–Crippen LogP) is 4.13. The van der Waals surface area contributed by atoms with E-state index >= 15 is 0 Å². The Morgan fingerprint density at radius 1 is 1.19 bits per heavy atom. The molecule has 0 fully saturated rings. The minimum absolute atomic E-state index is 0.769. The molecule has 0 aliphatic carbocycles. The third kappa shape index (κ3) is 2.45. The van der Waals surface area contributed by atoms with Gasteiger partial charge in [0.15, 0.2) is 0 Å². The van der Waals surface area contributed by atoms with Gasteiger partial charge in [-0.05, 0) is 18.6 Å². The van der Waals surface area contributed by atoms with E-state index in [0.717, 1.165) is 36.3 Å². The number of benzene rings is 1. The third-order valence-electron chi connectivity index (χ3n) is 2.47. The van der Waals surface area contributed by atoms with Crippen molar-refractivity contribution in [2.75, 3.05) is 6.61 Å². The van der Waals surface area contributed by atoms with Crippen molar-refractivity contribution in [1.29, 1.82) is 0 Å². The zero-order valence-electron chi connectivity index (χ0n) is 9.48. The first-order chi connectivity index (χ1) is 7.92. The summed E-state index contributed by atoms with van der Waals surface area (Å²) < 4.78 is 10.9. The SMILES string of the molecule is CCCCOc1ccccc1-c1ccoc1. The second-order valence-corrected chi connectivity index (χ2v) is 3.71. The number of para-hydroxylation sites is 1. The van der Waals surface area contributed by atoms with E-state index < -0.39 is 0 Å². The molecule has 2 rings (SSSR count). The summed E-state index contributed by atoms with van der Waals surface area (Å²) in [4.78, 5) is 0. The first-order valence-electron chi connectivity index (χ1n) is 5.66. The van der Waals surface area contributed by atoms with Gasteiger partial charge < -0.3 is 9.15 Å².